The summed E-state index contributed by atoms with van der Waals surface area (Å²) in [4.78, 5) is 0. The molecule has 1 aromatic carbocycles. The van der Waals surface area contributed by atoms with Crippen molar-refractivity contribution in [2.75, 3.05) is 13.7 Å². The predicted molar refractivity (Wildman–Crippen MR) is 66.1 cm³/mol. The van der Waals surface area contributed by atoms with Crippen molar-refractivity contribution in [3.63, 3.8) is 0 Å². The van der Waals surface area contributed by atoms with Crippen molar-refractivity contribution < 1.29 is 9.47 Å². The van der Waals surface area contributed by atoms with Gasteiger partial charge in [0.2, 0.25) is 0 Å². The van der Waals surface area contributed by atoms with Gasteiger partial charge in [-0.05, 0) is 44.4 Å². The molecule has 16 heavy (non-hydrogen) atoms. The summed E-state index contributed by atoms with van der Waals surface area (Å²) in [7, 11) is 1.65. The fraction of sp³-hybridized carbons (Fsp3) is 0.538. The predicted octanol–water partition coefficient (Wildman–Crippen LogP) is 2.37. The quantitative estimate of drug-likeness (QED) is 0.805. The number of hydrogen-bond acceptors (Lipinski definition) is 3. The van der Waals surface area contributed by atoms with Crippen molar-refractivity contribution >= 4 is 0 Å². The number of rotatable bonds is 6. The zero-order chi connectivity index (χ0) is 12.0. The molecule has 0 aliphatic carbocycles. The maximum Gasteiger partial charge on any atom is 0.161 e. The summed E-state index contributed by atoms with van der Waals surface area (Å²) in [6.45, 7) is 4.63. The van der Waals surface area contributed by atoms with Crippen LogP contribution in [0.4, 0.5) is 0 Å². The Morgan fingerprint density at radius 2 is 2.06 bits per heavy atom. The standard InChI is InChI=1S/C13H21NO2/c1-4-16-13-9-11(6-5-10(2)14)7-8-12(13)15-3/h7-10H,4-6,14H2,1-3H3/t10-/m0/s1. The molecule has 0 heterocycles. The van der Waals surface area contributed by atoms with Crippen LogP contribution >= 0.6 is 0 Å². The largest absolute Gasteiger partial charge is 0.493 e. The molecule has 2 N–H and O–H groups in total. The Bertz CT molecular complexity index is 324. The number of ether oxygens (including phenoxy) is 2. The fourth-order valence-electron chi connectivity index (χ4n) is 1.54. The molecule has 0 fully saturated rings. The minimum atomic E-state index is 0.234. The van der Waals surface area contributed by atoms with Gasteiger partial charge in [0.15, 0.2) is 11.5 Å². The number of benzene rings is 1. The van der Waals surface area contributed by atoms with Crippen molar-refractivity contribution in [3.05, 3.63) is 23.8 Å². The first-order valence-corrected chi connectivity index (χ1v) is 5.72. The summed E-state index contributed by atoms with van der Waals surface area (Å²) >= 11 is 0. The van der Waals surface area contributed by atoms with Gasteiger partial charge >= 0.3 is 0 Å². The smallest absolute Gasteiger partial charge is 0.161 e. The van der Waals surface area contributed by atoms with Gasteiger partial charge in [0.1, 0.15) is 0 Å². The van der Waals surface area contributed by atoms with E-state index < -0.39 is 0 Å². The average Bonchev–Trinajstić information content (AvgIpc) is 2.27. The molecule has 0 radical (unpaired) electrons. The van der Waals surface area contributed by atoms with Crippen molar-refractivity contribution in [2.24, 2.45) is 5.73 Å². The lowest BCUT2D eigenvalue weighted by Gasteiger charge is -2.11. The molecule has 0 saturated carbocycles. The Morgan fingerprint density at radius 3 is 2.62 bits per heavy atom. The highest BCUT2D eigenvalue weighted by Gasteiger charge is 2.05. The number of aryl methyl sites for hydroxylation is 1. The first kappa shape index (κ1) is 12.8. The van der Waals surface area contributed by atoms with Crippen molar-refractivity contribution in [1.29, 1.82) is 0 Å². The van der Waals surface area contributed by atoms with E-state index in [1.807, 2.05) is 26.0 Å². The number of hydrogen-bond donors (Lipinski definition) is 1. The maximum absolute atomic E-state index is 5.74. The summed E-state index contributed by atoms with van der Waals surface area (Å²) in [6, 6.07) is 6.27. The van der Waals surface area contributed by atoms with Crippen LogP contribution in [0.25, 0.3) is 0 Å². The minimum Gasteiger partial charge on any atom is -0.493 e. The Morgan fingerprint density at radius 1 is 1.31 bits per heavy atom. The zero-order valence-electron chi connectivity index (χ0n) is 10.3. The van der Waals surface area contributed by atoms with E-state index in [9.17, 15) is 0 Å². The molecular weight excluding hydrogens is 202 g/mol. The second-order valence-corrected chi connectivity index (χ2v) is 3.93. The molecule has 0 aliphatic heterocycles. The van der Waals surface area contributed by atoms with Gasteiger partial charge in [-0.15, -0.1) is 0 Å². The lowest BCUT2D eigenvalue weighted by molar-refractivity contribution is 0.310. The highest BCUT2D eigenvalue weighted by Crippen LogP contribution is 2.28. The number of methoxy groups -OCH3 is 1. The fourth-order valence-corrected chi connectivity index (χ4v) is 1.54. The van der Waals surface area contributed by atoms with E-state index in [0.717, 1.165) is 24.3 Å². The van der Waals surface area contributed by atoms with Crippen molar-refractivity contribution in [3.8, 4) is 11.5 Å². The maximum atomic E-state index is 5.74. The van der Waals surface area contributed by atoms with E-state index in [1.54, 1.807) is 7.11 Å². The van der Waals surface area contributed by atoms with Gasteiger partial charge in [-0.1, -0.05) is 6.07 Å². The lowest BCUT2D eigenvalue weighted by Crippen LogP contribution is -2.15. The molecule has 3 nitrogen and oxygen atoms in total. The molecule has 1 rings (SSSR count). The van der Waals surface area contributed by atoms with Crippen LogP contribution in [0.15, 0.2) is 18.2 Å². The van der Waals surface area contributed by atoms with Crippen molar-refractivity contribution in [1.82, 2.24) is 0 Å². The summed E-state index contributed by atoms with van der Waals surface area (Å²) in [6.07, 6.45) is 1.96. The minimum absolute atomic E-state index is 0.234. The molecule has 1 atom stereocenters. The molecule has 3 heteroatoms. The van der Waals surface area contributed by atoms with Crippen LogP contribution in [0.5, 0.6) is 11.5 Å². The molecule has 0 bridgehead atoms. The Balaban J connectivity index is 2.76. The first-order chi connectivity index (χ1) is 7.67. The second-order valence-electron chi connectivity index (χ2n) is 3.93. The van der Waals surface area contributed by atoms with Crippen LogP contribution in [-0.2, 0) is 6.42 Å². The summed E-state index contributed by atoms with van der Waals surface area (Å²) in [5.74, 6) is 1.60. The van der Waals surface area contributed by atoms with Crippen LogP contribution in [-0.4, -0.2) is 19.8 Å². The average molecular weight is 223 g/mol. The van der Waals surface area contributed by atoms with Crippen LogP contribution < -0.4 is 15.2 Å². The molecular formula is C13H21NO2. The Kier molecular flexibility index (Phi) is 5.12. The normalized spacial score (nSPS) is 12.2. The van der Waals surface area contributed by atoms with Gasteiger partial charge in [0.25, 0.3) is 0 Å². The van der Waals surface area contributed by atoms with Crippen LogP contribution in [0.2, 0.25) is 0 Å². The van der Waals surface area contributed by atoms with E-state index >= 15 is 0 Å². The van der Waals surface area contributed by atoms with E-state index in [-0.39, 0.29) is 6.04 Å². The third-order valence-electron chi connectivity index (χ3n) is 2.42. The molecule has 0 spiro atoms. The van der Waals surface area contributed by atoms with E-state index in [0.29, 0.717) is 6.61 Å². The summed E-state index contributed by atoms with van der Waals surface area (Å²) in [5.41, 5.74) is 6.97. The molecule has 1 aromatic rings. The summed E-state index contributed by atoms with van der Waals surface area (Å²) in [5, 5.41) is 0. The van der Waals surface area contributed by atoms with Gasteiger partial charge in [-0.2, -0.15) is 0 Å². The van der Waals surface area contributed by atoms with Gasteiger partial charge in [-0.3, -0.25) is 0 Å². The second kappa shape index (κ2) is 6.38. The molecule has 0 amide bonds. The van der Waals surface area contributed by atoms with Crippen LogP contribution in [0.3, 0.4) is 0 Å². The number of nitrogens with two attached hydrogens (primary N) is 1. The third-order valence-corrected chi connectivity index (χ3v) is 2.42. The molecule has 90 valence electrons. The Labute approximate surface area is 97.6 Å². The lowest BCUT2D eigenvalue weighted by atomic mass is 10.1. The topological polar surface area (TPSA) is 44.5 Å². The van der Waals surface area contributed by atoms with Crippen LogP contribution in [0.1, 0.15) is 25.8 Å². The van der Waals surface area contributed by atoms with Gasteiger partial charge in [-0.25, -0.2) is 0 Å². The first-order valence-electron chi connectivity index (χ1n) is 5.72. The molecule has 0 unspecified atom stereocenters. The van der Waals surface area contributed by atoms with Crippen LogP contribution in [0, 0.1) is 0 Å². The molecule has 0 aliphatic rings. The highest BCUT2D eigenvalue weighted by molar-refractivity contribution is 5.43. The van der Waals surface area contributed by atoms with E-state index in [1.165, 1.54) is 5.56 Å². The SMILES string of the molecule is CCOc1cc(CC[C@H](C)N)ccc1OC. The van der Waals surface area contributed by atoms with E-state index in [2.05, 4.69) is 6.07 Å². The van der Waals surface area contributed by atoms with E-state index in [4.69, 9.17) is 15.2 Å². The van der Waals surface area contributed by atoms with Gasteiger partial charge in [0.05, 0.1) is 13.7 Å². The summed E-state index contributed by atoms with van der Waals surface area (Å²) < 4.78 is 10.7. The highest BCUT2D eigenvalue weighted by atomic mass is 16.5. The molecule has 0 aromatic heterocycles. The molecule has 0 saturated heterocycles. The third kappa shape index (κ3) is 3.74. The monoisotopic (exact) mass is 223 g/mol. The van der Waals surface area contributed by atoms with Gasteiger partial charge < -0.3 is 15.2 Å². The zero-order valence-corrected chi connectivity index (χ0v) is 10.3. The van der Waals surface area contributed by atoms with Gasteiger partial charge in [0, 0.05) is 6.04 Å². The van der Waals surface area contributed by atoms with Crippen molar-refractivity contribution in [2.45, 2.75) is 32.7 Å². The Hall–Kier alpha value is -1.22.